The number of hydrogen-bond acceptors (Lipinski definition) is 4. The summed E-state index contributed by atoms with van der Waals surface area (Å²) in [5.74, 6) is -2.90. The number of hydrogen-bond donors (Lipinski definition) is 3. The lowest BCUT2D eigenvalue weighted by Crippen LogP contribution is -2.35. The highest BCUT2D eigenvalue weighted by Gasteiger charge is 2.42. The van der Waals surface area contributed by atoms with Gasteiger partial charge < -0.3 is 15.4 Å². The van der Waals surface area contributed by atoms with Gasteiger partial charge in [0.1, 0.15) is 5.75 Å². The van der Waals surface area contributed by atoms with Crippen molar-refractivity contribution in [3.8, 4) is 5.75 Å². The number of halogens is 2. The lowest BCUT2D eigenvalue weighted by Gasteiger charge is -2.12. The molecule has 0 saturated carbocycles. The van der Waals surface area contributed by atoms with Crippen molar-refractivity contribution >= 4 is 17.5 Å². The van der Waals surface area contributed by atoms with E-state index in [9.17, 15) is 18.4 Å². The van der Waals surface area contributed by atoms with E-state index >= 15 is 0 Å². The predicted molar refractivity (Wildman–Crippen MR) is 80.6 cm³/mol. The van der Waals surface area contributed by atoms with Gasteiger partial charge in [0.25, 0.3) is 5.92 Å². The molecule has 1 aromatic rings. The maximum atomic E-state index is 13.1. The maximum Gasteiger partial charge on any atom is 0.262 e. The highest BCUT2D eigenvalue weighted by Crippen LogP contribution is 2.26. The minimum atomic E-state index is -2.84. The Balaban J connectivity index is 1.80. The van der Waals surface area contributed by atoms with Crippen LogP contribution < -0.4 is 20.7 Å². The van der Waals surface area contributed by atoms with Crippen LogP contribution in [0.3, 0.4) is 0 Å². The first-order valence-corrected chi connectivity index (χ1v) is 7.25. The van der Waals surface area contributed by atoms with E-state index in [1.54, 1.807) is 31.3 Å². The number of nitrogens with one attached hydrogen (secondary N) is 3. The van der Waals surface area contributed by atoms with Crippen molar-refractivity contribution in [3.05, 3.63) is 24.3 Å². The number of benzene rings is 1. The molecule has 1 atom stereocenters. The Labute approximate surface area is 132 Å². The third kappa shape index (κ3) is 5.17. The predicted octanol–water partition coefficient (Wildman–Crippen LogP) is 1.14. The first kappa shape index (κ1) is 17.1. The normalized spacial score (nSPS) is 19.2. The number of ether oxygens (including phenoxy) is 1. The zero-order valence-corrected chi connectivity index (χ0v) is 12.7. The van der Waals surface area contributed by atoms with Crippen LogP contribution >= 0.6 is 0 Å². The van der Waals surface area contributed by atoms with Crippen LogP contribution in [-0.4, -0.2) is 44.0 Å². The molecule has 1 heterocycles. The Kier molecular flexibility index (Phi) is 5.49. The summed E-state index contributed by atoms with van der Waals surface area (Å²) in [6.07, 6.45) is -0.254. The quantitative estimate of drug-likeness (QED) is 0.732. The Morgan fingerprint density at radius 2 is 2.04 bits per heavy atom. The van der Waals surface area contributed by atoms with Crippen molar-refractivity contribution in [1.29, 1.82) is 0 Å². The fourth-order valence-corrected chi connectivity index (χ4v) is 2.15. The van der Waals surface area contributed by atoms with E-state index in [0.29, 0.717) is 11.4 Å². The molecule has 1 saturated heterocycles. The lowest BCUT2D eigenvalue weighted by molar-refractivity contribution is -0.121. The zero-order chi connectivity index (χ0) is 16.9. The van der Waals surface area contributed by atoms with E-state index in [2.05, 4.69) is 16.0 Å². The van der Waals surface area contributed by atoms with E-state index < -0.39 is 30.8 Å². The molecule has 0 aliphatic carbocycles. The molecule has 0 aromatic heterocycles. The average Bonchev–Trinajstić information content (AvgIpc) is 2.89. The number of alkyl halides is 2. The first-order chi connectivity index (χ1) is 10.9. The minimum Gasteiger partial charge on any atom is -0.493 e. The molecule has 3 N–H and O–H groups in total. The van der Waals surface area contributed by atoms with Crippen molar-refractivity contribution in [2.45, 2.75) is 24.8 Å². The molecule has 2 amide bonds. The van der Waals surface area contributed by atoms with E-state index in [0.717, 1.165) is 0 Å². The van der Waals surface area contributed by atoms with Crippen LogP contribution in [0.2, 0.25) is 0 Å². The topological polar surface area (TPSA) is 79.5 Å². The van der Waals surface area contributed by atoms with Gasteiger partial charge >= 0.3 is 0 Å². The number of carbonyl (C=O) groups is 2. The summed E-state index contributed by atoms with van der Waals surface area (Å²) < 4.78 is 31.5. The molecule has 23 heavy (non-hydrogen) atoms. The van der Waals surface area contributed by atoms with Crippen molar-refractivity contribution in [1.82, 2.24) is 10.6 Å². The van der Waals surface area contributed by atoms with Gasteiger partial charge in [0.15, 0.2) is 0 Å². The van der Waals surface area contributed by atoms with Crippen LogP contribution in [0.15, 0.2) is 24.3 Å². The molecule has 0 spiro atoms. The van der Waals surface area contributed by atoms with E-state index in [4.69, 9.17) is 4.74 Å². The van der Waals surface area contributed by atoms with Crippen LogP contribution in [0.25, 0.3) is 0 Å². The van der Waals surface area contributed by atoms with E-state index in [1.165, 1.54) is 0 Å². The van der Waals surface area contributed by atoms with Gasteiger partial charge in [-0.05, 0) is 24.3 Å². The molecule has 126 valence electrons. The van der Waals surface area contributed by atoms with Gasteiger partial charge in [0.2, 0.25) is 11.8 Å². The molecule has 8 heteroatoms. The maximum absolute atomic E-state index is 13.1. The largest absolute Gasteiger partial charge is 0.493 e. The Bertz CT molecular complexity index is 564. The summed E-state index contributed by atoms with van der Waals surface area (Å²) in [7, 11) is 1.55. The van der Waals surface area contributed by atoms with E-state index in [1.807, 2.05) is 0 Å². The summed E-state index contributed by atoms with van der Waals surface area (Å²) in [6, 6.07) is 5.60. The number of carbonyl (C=O) groups excluding carboxylic acids is 2. The smallest absolute Gasteiger partial charge is 0.262 e. The van der Waals surface area contributed by atoms with Crippen molar-refractivity contribution in [2.75, 3.05) is 25.5 Å². The molecule has 1 aliphatic rings. The van der Waals surface area contributed by atoms with Crippen LogP contribution in [-0.2, 0) is 9.59 Å². The highest BCUT2D eigenvalue weighted by atomic mass is 19.3. The van der Waals surface area contributed by atoms with Crippen LogP contribution in [0.5, 0.6) is 5.75 Å². The second kappa shape index (κ2) is 7.36. The molecule has 0 bridgehead atoms. The fourth-order valence-electron chi connectivity index (χ4n) is 2.15. The molecule has 1 fully saturated rings. The first-order valence-electron chi connectivity index (χ1n) is 7.25. The van der Waals surface area contributed by atoms with E-state index in [-0.39, 0.29) is 18.9 Å². The fraction of sp³-hybridized carbons (Fsp3) is 0.467. The summed E-state index contributed by atoms with van der Waals surface area (Å²) >= 11 is 0. The Morgan fingerprint density at radius 1 is 1.35 bits per heavy atom. The lowest BCUT2D eigenvalue weighted by atomic mass is 10.2. The van der Waals surface area contributed by atoms with Gasteiger partial charge in [-0.2, -0.15) is 0 Å². The third-order valence-electron chi connectivity index (χ3n) is 3.42. The molecule has 6 nitrogen and oxygen atoms in total. The standard InChI is InChI=1S/C15H19F2N3O3/c1-18-13(21)6-7-23-11-4-2-10(3-5-11)20-14(22)12-8-15(16,17)9-19-12/h2-5,12,19H,6-9H2,1H3,(H,18,21)(H,20,22). The van der Waals surface area contributed by atoms with Crippen molar-refractivity contribution in [3.63, 3.8) is 0 Å². The average molecular weight is 327 g/mol. The highest BCUT2D eigenvalue weighted by molar-refractivity contribution is 5.95. The monoisotopic (exact) mass is 327 g/mol. The summed E-state index contributed by atoms with van der Waals surface area (Å²) in [6.45, 7) is -0.240. The molecule has 0 radical (unpaired) electrons. The minimum absolute atomic E-state index is 0.116. The Morgan fingerprint density at radius 3 is 2.61 bits per heavy atom. The van der Waals surface area contributed by atoms with Gasteiger partial charge in [-0.3, -0.25) is 14.9 Å². The molecular formula is C15H19F2N3O3. The Hall–Kier alpha value is -2.22. The second-order valence-electron chi connectivity index (χ2n) is 5.28. The summed E-state index contributed by atoms with van der Waals surface area (Å²) in [5, 5.41) is 7.56. The van der Waals surface area contributed by atoms with Crippen molar-refractivity contribution < 1.29 is 23.1 Å². The number of anilines is 1. The van der Waals surface area contributed by atoms with Crippen molar-refractivity contribution in [2.24, 2.45) is 0 Å². The van der Waals surface area contributed by atoms with Gasteiger partial charge in [-0.15, -0.1) is 0 Å². The zero-order valence-electron chi connectivity index (χ0n) is 12.7. The van der Waals surface area contributed by atoms with Crippen LogP contribution in [0.4, 0.5) is 14.5 Å². The van der Waals surface area contributed by atoms with Crippen LogP contribution in [0.1, 0.15) is 12.8 Å². The third-order valence-corrected chi connectivity index (χ3v) is 3.42. The SMILES string of the molecule is CNC(=O)CCOc1ccc(NC(=O)C2CC(F)(F)CN2)cc1. The number of rotatable bonds is 6. The molecular weight excluding hydrogens is 308 g/mol. The molecule has 1 aliphatic heterocycles. The van der Waals surface area contributed by atoms with Gasteiger partial charge in [-0.1, -0.05) is 0 Å². The van der Waals surface area contributed by atoms with Gasteiger partial charge in [0.05, 0.1) is 25.6 Å². The van der Waals surface area contributed by atoms with Gasteiger partial charge in [-0.25, -0.2) is 8.78 Å². The second-order valence-corrected chi connectivity index (χ2v) is 5.28. The van der Waals surface area contributed by atoms with Crippen LogP contribution in [0, 0.1) is 0 Å². The van der Waals surface area contributed by atoms with Gasteiger partial charge in [0, 0.05) is 19.2 Å². The summed E-state index contributed by atoms with van der Waals surface area (Å²) in [5.41, 5.74) is 0.491. The number of amides is 2. The summed E-state index contributed by atoms with van der Waals surface area (Å²) in [4.78, 5) is 22.9. The molecule has 1 aromatic carbocycles. The molecule has 1 unspecified atom stereocenters. The molecule has 2 rings (SSSR count).